The third-order valence-electron chi connectivity index (χ3n) is 4.58. The molecule has 3 aromatic rings. The van der Waals surface area contributed by atoms with Crippen LogP contribution >= 0.6 is 12.2 Å². The van der Waals surface area contributed by atoms with Gasteiger partial charge >= 0.3 is 0 Å². The van der Waals surface area contributed by atoms with Crippen LogP contribution in [-0.4, -0.2) is 43.1 Å². The van der Waals surface area contributed by atoms with Gasteiger partial charge in [-0.3, -0.25) is 0 Å². The summed E-state index contributed by atoms with van der Waals surface area (Å²) in [6.07, 6.45) is 1.59. The van der Waals surface area contributed by atoms with E-state index < -0.39 is 0 Å². The number of nitrogens with one attached hydrogen (secondary N) is 1. The van der Waals surface area contributed by atoms with E-state index in [-0.39, 0.29) is 0 Å². The molecular formula is C19H23N4O3S+. The molecule has 3 heterocycles. The molecule has 0 radical (unpaired) electrons. The number of hydrogen-bond donors (Lipinski definition) is 1. The maximum absolute atomic E-state index is 5.54. The van der Waals surface area contributed by atoms with Crippen LogP contribution in [0.2, 0.25) is 0 Å². The van der Waals surface area contributed by atoms with Crippen molar-refractivity contribution >= 4 is 17.9 Å². The molecule has 1 saturated heterocycles. The van der Waals surface area contributed by atoms with Crippen LogP contribution in [0.1, 0.15) is 5.56 Å². The molecule has 0 bridgehead atoms. The summed E-state index contributed by atoms with van der Waals surface area (Å²) in [6, 6.07) is 12.3. The minimum absolute atomic E-state index is 0.350. The van der Waals surface area contributed by atoms with E-state index in [4.69, 9.17) is 25.8 Å². The standard InChI is InChI=1S/C19H22N4O3S/c1-21(14-23-19(27)26-18(20-23)17-3-2-10-25-17)13-15-4-6-16(7-5-15)22-8-11-24-12-9-22/h2-7,10H,8-9,11-14H2,1H3/p+1. The highest BCUT2D eigenvalue weighted by atomic mass is 32.1. The number of aromatic nitrogens is 2. The maximum atomic E-state index is 5.54. The second kappa shape index (κ2) is 8.08. The molecule has 4 rings (SSSR count). The Labute approximate surface area is 162 Å². The van der Waals surface area contributed by atoms with E-state index in [0.29, 0.717) is 23.2 Å². The Bertz CT molecular complexity index is 911. The molecule has 1 atom stereocenters. The summed E-state index contributed by atoms with van der Waals surface area (Å²) >= 11 is 5.28. The second-order valence-corrected chi connectivity index (χ2v) is 7.06. The van der Waals surface area contributed by atoms with Crippen molar-refractivity contribution in [3.63, 3.8) is 0 Å². The lowest BCUT2D eigenvalue weighted by Gasteiger charge is -2.29. The Morgan fingerprint density at radius 2 is 1.93 bits per heavy atom. The first-order valence-electron chi connectivity index (χ1n) is 9.04. The zero-order valence-electron chi connectivity index (χ0n) is 15.3. The quantitative estimate of drug-likeness (QED) is 0.653. The number of furan rings is 1. The molecule has 27 heavy (non-hydrogen) atoms. The lowest BCUT2D eigenvalue weighted by atomic mass is 10.2. The molecule has 7 nitrogen and oxygen atoms in total. The van der Waals surface area contributed by atoms with Gasteiger partial charge in [0.2, 0.25) is 0 Å². The average molecular weight is 387 g/mol. The van der Waals surface area contributed by atoms with Crippen LogP contribution < -0.4 is 9.80 Å². The first-order chi connectivity index (χ1) is 13.2. The van der Waals surface area contributed by atoms with Gasteiger partial charge in [0.1, 0.15) is 6.54 Å². The van der Waals surface area contributed by atoms with E-state index in [0.717, 1.165) is 32.8 Å². The monoisotopic (exact) mass is 387 g/mol. The fourth-order valence-corrected chi connectivity index (χ4v) is 3.40. The van der Waals surface area contributed by atoms with Gasteiger partial charge in [-0.1, -0.05) is 12.1 Å². The minimum Gasteiger partial charge on any atom is -0.459 e. The van der Waals surface area contributed by atoms with Crippen molar-refractivity contribution in [2.24, 2.45) is 0 Å². The third-order valence-corrected chi connectivity index (χ3v) is 4.87. The van der Waals surface area contributed by atoms with Gasteiger partial charge in [0.05, 0.1) is 26.5 Å². The fraction of sp³-hybridized carbons (Fsp3) is 0.368. The Hall–Kier alpha value is -2.42. The molecule has 2 aromatic heterocycles. The minimum atomic E-state index is 0.350. The van der Waals surface area contributed by atoms with Crippen molar-refractivity contribution in [2.75, 3.05) is 38.3 Å². The molecule has 1 fully saturated rings. The van der Waals surface area contributed by atoms with Crippen LogP contribution in [0.4, 0.5) is 5.69 Å². The summed E-state index contributed by atoms with van der Waals surface area (Å²) < 4.78 is 18.0. The van der Waals surface area contributed by atoms with Crippen LogP contribution in [0.5, 0.6) is 0 Å². The first kappa shape index (κ1) is 18.0. The highest BCUT2D eigenvalue weighted by Crippen LogP contribution is 2.18. The molecule has 0 spiro atoms. The molecule has 1 aliphatic rings. The molecule has 0 aliphatic carbocycles. The van der Waals surface area contributed by atoms with Crippen molar-refractivity contribution in [2.45, 2.75) is 13.2 Å². The molecule has 1 aromatic carbocycles. The van der Waals surface area contributed by atoms with Gasteiger partial charge in [-0.2, -0.15) is 4.68 Å². The number of morpholine rings is 1. The maximum Gasteiger partial charge on any atom is 0.292 e. The van der Waals surface area contributed by atoms with E-state index in [1.807, 2.05) is 0 Å². The van der Waals surface area contributed by atoms with Crippen LogP contribution in [0.15, 0.2) is 51.5 Å². The van der Waals surface area contributed by atoms with Crippen molar-refractivity contribution < 1.29 is 18.5 Å². The summed E-state index contributed by atoms with van der Waals surface area (Å²) in [5, 5.41) is 4.42. The molecule has 0 saturated carbocycles. The lowest BCUT2D eigenvalue weighted by molar-refractivity contribution is -0.917. The smallest absolute Gasteiger partial charge is 0.292 e. The van der Waals surface area contributed by atoms with E-state index in [9.17, 15) is 0 Å². The summed E-state index contributed by atoms with van der Waals surface area (Å²) in [5.74, 6) is 0.990. The van der Waals surface area contributed by atoms with E-state index in [2.05, 4.69) is 41.3 Å². The lowest BCUT2D eigenvalue weighted by Crippen LogP contribution is -3.07. The van der Waals surface area contributed by atoms with Gasteiger partial charge in [0.15, 0.2) is 12.4 Å². The third kappa shape index (κ3) is 4.29. The zero-order chi connectivity index (χ0) is 18.6. The number of quaternary nitrogens is 1. The summed E-state index contributed by atoms with van der Waals surface area (Å²) in [5.41, 5.74) is 2.52. The highest BCUT2D eigenvalue weighted by Gasteiger charge is 2.14. The molecule has 1 aliphatic heterocycles. The fourth-order valence-electron chi connectivity index (χ4n) is 3.21. The van der Waals surface area contributed by atoms with E-state index in [1.165, 1.54) is 16.2 Å². The predicted molar refractivity (Wildman–Crippen MR) is 103 cm³/mol. The number of nitrogens with zero attached hydrogens (tertiary/aromatic N) is 3. The van der Waals surface area contributed by atoms with Crippen LogP contribution in [0.25, 0.3) is 11.7 Å². The van der Waals surface area contributed by atoms with Crippen LogP contribution in [-0.2, 0) is 18.0 Å². The second-order valence-electron chi connectivity index (χ2n) is 6.71. The van der Waals surface area contributed by atoms with E-state index in [1.54, 1.807) is 23.1 Å². The Balaban J connectivity index is 1.38. The Morgan fingerprint density at radius 1 is 1.15 bits per heavy atom. The summed E-state index contributed by atoms with van der Waals surface area (Å²) in [4.78, 5) is 3.96. The van der Waals surface area contributed by atoms with Crippen LogP contribution in [0, 0.1) is 4.84 Å². The largest absolute Gasteiger partial charge is 0.459 e. The van der Waals surface area contributed by atoms with Gasteiger partial charge in [0, 0.05) is 24.3 Å². The zero-order valence-corrected chi connectivity index (χ0v) is 16.1. The molecule has 1 unspecified atom stereocenters. The van der Waals surface area contributed by atoms with Crippen molar-refractivity contribution in [3.8, 4) is 11.7 Å². The van der Waals surface area contributed by atoms with Gasteiger partial charge in [-0.05, 0) is 36.5 Å². The molecule has 8 heteroatoms. The number of hydrogen-bond acceptors (Lipinski definition) is 6. The summed E-state index contributed by atoms with van der Waals surface area (Å²) in [6.45, 7) is 4.99. The number of anilines is 1. The van der Waals surface area contributed by atoms with Gasteiger partial charge in [-0.25, -0.2) is 0 Å². The molecular weight excluding hydrogens is 364 g/mol. The topological polar surface area (TPSA) is 61.0 Å². The van der Waals surface area contributed by atoms with E-state index >= 15 is 0 Å². The van der Waals surface area contributed by atoms with Gasteiger partial charge < -0.3 is 23.4 Å². The predicted octanol–water partition coefficient (Wildman–Crippen LogP) is 1.97. The SMILES string of the molecule is C[NH+](Cc1ccc(N2CCOCC2)cc1)Cn1nc(-c2ccco2)oc1=S. The Kier molecular flexibility index (Phi) is 5.38. The van der Waals surface area contributed by atoms with Gasteiger partial charge in [-0.15, -0.1) is 5.10 Å². The molecule has 142 valence electrons. The summed E-state index contributed by atoms with van der Waals surface area (Å²) in [7, 11) is 2.11. The number of benzene rings is 1. The van der Waals surface area contributed by atoms with Gasteiger partial charge in [0.25, 0.3) is 10.7 Å². The van der Waals surface area contributed by atoms with Crippen molar-refractivity contribution in [3.05, 3.63) is 53.1 Å². The van der Waals surface area contributed by atoms with Crippen molar-refractivity contribution in [1.29, 1.82) is 0 Å². The van der Waals surface area contributed by atoms with Crippen LogP contribution in [0.3, 0.4) is 0 Å². The molecule has 0 amide bonds. The number of ether oxygens (including phenoxy) is 1. The highest BCUT2D eigenvalue weighted by molar-refractivity contribution is 7.71. The Morgan fingerprint density at radius 3 is 2.63 bits per heavy atom. The average Bonchev–Trinajstić information content (AvgIpc) is 3.33. The molecule has 1 N–H and O–H groups in total. The number of rotatable bonds is 6. The first-order valence-corrected chi connectivity index (χ1v) is 9.44. The van der Waals surface area contributed by atoms with Crippen molar-refractivity contribution in [1.82, 2.24) is 9.78 Å². The normalized spacial score (nSPS) is 15.8.